The fraction of sp³-hybridized carbons (Fsp3) is 0.286. The molecule has 0 radical (unpaired) electrons. The van der Waals surface area contributed by atoms with Crippen LogP contribution >= 0.6 is 0 Å². The summed E-state index contributed by atoms with van der Waals surface area (Å²) < 4.78 is 16.1. The third-order valence-electron chi connectivity index (χ3n) is 2.87. The molecule has 1 aromatic carbocycles. The van der Waals surface area contributed by atoms with E-state index in [0.29, 0.717) is 35.1 Å². The Morgan fingerprint density at radius 2 is 1.90 bits per heavy atom. The molecule has 21 heavy (non-hydrogen) atoms. The van der Waals surface area contributed by atoms with Crippen LogP contribution in [0.2, 0.25) is 0 Å². The number of nitrogens with one attached hydrogen (secondary N) is 1. The predicted molar refractivity (Wildman–Crippen MR) is 75.3 cm³/mol. The maximum atomic E-state index is 10.9. The van der Waals surface area contributed by atoms with Gasteiger partial charge in [-0.15, -0.1) is 0 Å². The number of hydrogen-bond donors (Lipinski definition) is 2. The molecule has 0 bridgehead atoms. The number of carboxylic acids is 1. The molecule has 0 aliphatic carbocycles. The maximum absolute atomic E-state index is 10.9. The Labute approximate surface area is 121 Å². The van der Waals surface area contributed by atoms with Crippen LogP contribution in [0.15, 0.2) is 18.2 Å². The first-order valence-electron chi connectivity index (χ1n) is 6.28. The number of benzene rings is 1. The number of ether oxygens (including phenoxy) is 3. The van der Waals surface area contributed by atoms with Gasteiger partial charge in [0, 0.05) is 11.6 Å². The summed E-state index contributed by atoms with van der Waals surface area (Å²) in [5, 5.41) is 15.4. The van der Waals surface area contributed by atoms with Crippen LogP contribution in [0.25, 0.3) is 11.3 Å². The normalized spacial score (nSPS) is 10.2. The number of aromatic nitrogens is 2. The summed E-state index contributed by atoms with van der Waals surface area (Å²) in [6, 6.07) is 4.82. The van der Waals surface area contributed by atoms with Gasteiger partial charge in [0.1, 0.15) is 11.4 Å². The van der Waals surface area contributed by atoms with Gasteiger partial charge in [0.15, 0.2) is 11.5 Å². The van der Waals surface area contributed by atoms with Crippen LogP contribution in [-0.2, 0) is 0 Å². The molecule has 7 nitrogen and oxygen atoms in total. The molecule has 2 N–H and O–H groups in total. The zero-order valence-electron chi connectivity index (χ0n) is 12.0. The van der Waals surface area contributed by atoms with Gasteiger partial charge in [0.2, 0.25) is 0 Å². The second kappa shape index (κ2) is 6.17. The van der Waals surface area contributed by atoms with E-state index in [1.54, 1.807) is 12.1 Å². The van der Waals surface area contributed by atoms with Gasteiger partial charge >= 0.3 is 5.97 Å². The number of rotatable bonds is 6. The minimum absolute atomic E-state index is 0.000769. The first-order chi connectivity index (χ1) is 10.1. The molecule has 0 unspecified atom stereocenters. The van der Waals surface area contributed by atoms with Crippen molar-refractivity contribution in [1.82, 2.24) is 10.2 Å². The van der Waals surface area contributed by atoms with Crippen LogP contribution < -0.4 is 14.2 Å². The molecule has 112 valence electrons. The van der Waals surface area contributed by atoms with Gasteiger partial charge in [-0.1, -0.05) is 0 Å². The van der Waals surface area contributed by atoms with Gasteiger partial charge < -0.3 is 19.3 Å². The van der Waals surface area contributed by atoms with Crippen molar-refractivity contribution < 1.29 is 24.1 Å². The molecule has 0 saturated carbocycles. The molecule has 0 fully saturated rings. The lowest BCUT2D eigenvalue weighted by molar-refractivity contribution is 0.0690. The number of aromatic amines is 1. The first-order valence-corrected chi connectivity index (χ1v) is 6.28. The zero-order valence-corrected chi connectivity index (χ0v) is 12.0. The molecule has 0 spiro atoms. The SMILES string of the molecule is CCOc1cc(-c2cc(C(=O)O)[nH]n2)c(OC)cc1OC. The van der Waals surface area contributed by atoms with Gasteiger partial charge in [-0.05, 0) is 19.1 Å². The van der Waals surface area contributed by atoms with E-state index in [4.69, 9.17) is 19.3 Å². The highest BCUT2D eigenvalue weighted by Gasteiger charge is 2.17. The Balaban J connectivity index is 2.54. The second-order valence-electron chi connectivity index (χ2n) is 4.11. The molecule has 1 heterocycles. The van der Waals surface area contributed by atoms with Gasteiger partial charge in [0.25, 0.3) is 0 Å². The minimum atomic E-state index is -1.08. The van der Waals surface area contributed by atoms with Gasteiger partial charge in [-0.25, -0.2) is 4.79 Å². The molecule has 0 aliphatic heterocycles. The van der Waals surface area contributed by atoms with E-state index in [1.807, 2.05) is 6.92 Å². The van der Waals surface area contributed by atoms with Crippen LogP contribution in [0.1, 0.15) is 17.4 Å². The molecule has 2 rings (SSSR count). The number of nitrogens with zero attached hydrogens (tertiary/aromatic N) is 1. The lowest BCUT2D eigenvalue weighted by Crippen LogP contribution is -1.98. The molecule has 1 aromatic heterocycles. The number of H-pyrrole nitrogens is 1. The fourth-order valence-electron chi connectivity index (χ4n) is 1.91. The smallest absolute Gasteiger partial charge is 0.353 e. The van der Waals surface area contributed by atoms with E-state index in [0.717, 1.165) is 0 Å². The first kappa shape index (κ1) is 14.7. The third kappa shape index (κ3) is 2.91. The molecule has 0 aliphatic rings. The number of carboxylic acid groups (broad SMARTS) is 1. The van der Waals surface area contributed by atoms with E-state index < -0.39 is 5.97 Å². The van der Waals surface area contributed by atoms with E-state index in [9.17, 15) is 4.79 Å². The van der Waals surface area contributed by atoms with E-state index >= 15 is 0 Å². The third-order valence-corrected chi connectivity index (χ3v) is 2.87. The lowest BCUT2D eigenvalue weighted by Gasteiger charge is -2.13. The van der Waals surface area contributed by atoms with Crippen molar-refractivity contribution in [2.45, 2.75) is 6.92 Å². The van der Waals surface area contributed by atoms with Crippen molar-refractivity contribution in [3.63, 3.8) is 0 Å². The summed E-state index contributed by atoms with van der Waals surface area (Å²) in [4.78, 5) is 10.9. The predicted octanol–water partition coefficient (Wildman–Crippen LogP) is 2.19. The van der Waals surface area contributed by atoms with Gasteiger partial charge in [0.05, 0.1) is 26.5 Å². The van der Waals surface area contributed by atoms with Crippen LogP contribution in [-0.4, -0.2) is 42.1 Å². The van der Waals surface area contributed by atoms with E-state index in [2.05, 4.69) is 10.2 Å². The Kier molecular flexibility index (Phi) is 4.32. The van der Waals surface area contributed by atoms with Crippen LogP contribution in [0.5, 0.6) is 17.2 Å². The molecule has 7 heteroatoms. The molecule has 2 aromatic rings. The van der Waals surface area contributed by atoms with Gasteiger partial charge in [-0.3, -0.25) is 5.10 Å². The minimum Gasteiger partial charge on any atom is -0.496 e. The van der Waals surface area contributed by atoms with E-state index in [-0.39, 0.29) is 5.69 Å². The number of methoxy groups -OCH3 is 2. The number of hydrogen-bond acceptors (Lipinski definition) is 5. The Morgan fingerprint density at radius 3 is 2.43 bits per heavy atom. The quantitative estimate of drug-likeness (QED) is 0.847. The molecular formula is C14H16N2O5. The van der Waals surface area contributed by atoms with E-state index in [1.165, 1.54) is 20.3 Å². The average molecular weight is 292 g/mol. The van der Waals surface area contributed by atoms with Gasteiger partial charge in [-0.2, -0.15) is 5.10 Å². The number of aromatic carboxylic acids is 1. The Morgan fingerprint density at radius 1 is 1.19 bits per heavy atom. The molecule has 0 saturated heterocycles. The molecule has 0 atom stereocenters. The van der Waals surface area contributed by atoms with Crippen molar-refractivity contribution in [3.8, 4) is 28.5 Å². The van der Waals surface area contributed by atoms with Crippen LogP contribution in [0.4, 0.5) is 0 Å². The summed E-state index contributed by atoms with van der Waals surface area (Å²) in [6.45, 7) is 2.34. The highest BCUT2D eigenvalue weighted by Crippen LogP contribution is 2.39. The second-order valence-corrected chi connectivity index (χ2v) is 4.11. The average Bonchev–Trinajstić information content (AvgIpc) is 2.97. The Hall–Kier alpha value is -2.70. The van der Waals surface area contributed by atoms with Crippen molar-refractivity contribution in [1.29, 1.82) is 0 Å². The van der Waals surface area contributed by atoms with Crippen LogP contribution in [0.3, 0.4) is 0 Å². The highest BCUT2D eigenvalue weighted by molar-refractivity contribution is 5.87. The zero-order chi connectivity index (χ0) is 15.4. The standard InChI is InChI=1S/C14H16N2O5/c1-4-21-13-5-8(11(19-2)7-12(13)20-3)9-6-10(14(17)18)16-15-9/h5-7H,4H2,1-3H3,(H,15,16)(H,17,18). The van der Waals surface area contributed by atoms with Crippen molar-refractivity contribution >= 4 is 5.97 Å². The molecule has 0 amide bonds. The van der Waals surface area contributed by atoms with Crippen molar-refractivity contribution in [2.75, 3.05) is 20.8 Å². The number of carbonyl (C=O) groups is 1. The summed E-state index contributed by atoms with van der Waals surface area (Å²) in [5.74, 6) is 0.507. The largest absolute Gasteiger partial charge is 0.496 e. The fourth-order valence-corrected chi connectivity index (χ4v) is 1.91. The monoisotopic (exact) mass is 292 g/mol. The maximum Gasteiger partial charge on any atom is 0.353 e. The summed E-state index contributed by atoms with van der Waals surface area (Å²) in [7, 11) is 3.05. The molecular weight excluding hydrogens is 276 g/mol. The summed E-state index contributed by atoms with van der Waals surface area (Å²) >= 11 is 0. The summed E-state index contributed by atoms with van der Waals surface area (Å²) in [5.41, 5.74) is 1.07. The summed E-state index contributed by atoms with van der Waals surface area (Å²) in [6.07, 6.45) is 0. The topological polar surface area (TPSA) is 93.7 Å². The Bertz CT molecular complexity index is 651. The van der Waals surface area contributed by atoms with Crippen molar-refractivity contribution in [2.24, 2.45) is 0 Å². The van der Waals surface area contributed by atoms with Crippen molar-refractivity contribution in [3.05, 3.63) is 23.9 Å². The highest BCUT2D eigenvalue weighted by atomic mass is 16.5. The van der Waals surface area contributed by atoms with Crippen LogP contribution in [0, 0.1) is 0 Å². The lowest BCUT2D eigenvalue weighted by atomic mass is 10.1.